The second-order valence-corrected chi connectivity index (χ2v) is 5.09. The molecule has 6 nitrogen and oxygen atoms in total. The van der Waals surface area contributed by atoms with E-state index in [-0.39, 0.29) is 12.3 Å². The third-order valence-corrected chi connectivity index (χ3v) is 3.27. The van der Waals surface area contributed by atoms with Crippen LogP contribution >= 0.6 is 0 Å². The smallest absolute Gasteiger partial charge is 0.423 e. The Bertz CT molecular complexity index is 817. The van der Waals surface area contributed by atoms with Gasteiger partial charge in [0.05, 0.1) is 5.56 Å². The monoisotopic (exact) mass is 354 g/mol. The van der Waals surface area contributed by atoms with E-state index in [1.54, 1.807) is 0 Å². The molecule has 0 unspecified atom stereocenters. The minimum absolute atomic E-state index is 0.00295. The summed E-state index contributed by atoms with van der Waals surface area (Å²) in [6, 6.07) is 4.74. The average molecular weight is 354 g/mol. The molecule has 2 rings (SSSR count). The number of amides is 1. The number of aromatic hydroxyl groups is 1. The normalized spacial score (nSPS) is 11.2. The lowest BCUT2D eigenvalue weighted by molar-refractivity contribution is -0.140. The van der Waals surface area contributed by atoms with Crippen LogP contribution in [-0.2, 0) is 12.8 Å². The number of primary amides is 1. The maximum atomic E-state index is 13.2. The summed E-state index contributed by atoms with van der Waals surface area (Å²) in [6.07, 6.45) is -3.68. The number of hydrogen-bond acceptors (Lipinski definition) is 5. The van der Waals surface area contributed by atoms with Crippen LogP contribution in [0.5, 0.6) is 11.5 Å². The van der Waals surface area contributed by atoms with Gasteiger partial charge >= 0.3 is 6.18 Å². The largest absolute Gasteiger partial charge is 0.506 e. The molecule has 25 heavy (non-hydrogen) atoms. The van der Waals surface area contributed by atoms with Gasteiger partial charge in [-0.1, -0.05) is 6.07 Å². The Hall–Kier alpha value is -3.10. The maximum Gasteiger partial charge on any atom is 0.423 e. The number of nitrogens with two attached hydrogens (primary N) is 1. The van der Waals surface area contributed by atoms with Gasteiger partial charge in [0.15, 0.2) is 5.78 Å². The van der Waals surface area contributed by atoms with Crippen LogP contribution in [0.2, 0.25) is 0 Å². The van der Waals surface area contributed by atoms with Crippen LogP contribution in [0.4, 0.5) is 13.2 Å². The number of phenols is 1. The van der Waals surface area contributed by atoms with Crippen molar-refractivity contribution in [2.75, 3.05) is 0 Å². The van der Waals surface area contributed by atoms with Gasteiger partial charge in [-0.15, -0.1) is 0 Å². The zero-order valence-corrected chi connectivity index (χ0v) is 12.9. The maximum absolute atomic E-state index is 13.2. The third-order valence-electron chi connectivity index (χ3n) is 3.27. The van der Waals surface area contributed by atoms with Crippen molar-refractivity contribution in [2.24, 2.45) is 5.73 Å². The molecule has 2 aromatic rings. The highest BCUT2D eigenvalue weighted by Crippen LogP contribution is 2.44. The molecule has 0 saturated heterocycles. The number of alkyl halides is 3. The molecule has 3 N–H and O–H groups in total. The molecule has 1 aromatic carbocycles. The van der Waals surface area contributed by atoms with Gasteiger partial charge in [0.25, 0.3) is 5.91 Å². The Labute approximate surface area is 140 Å². The Morgan fingerprint density at radius 1 is 1.24 bits per heavy atom. The summed E-state index contributed by atoms with van der Waals surface area (Å²) in [5.41, 5.74) is 3.54. The molecule has 0 radical (unpaired) electrons. The molecule has 132 valence electrons. The van der Waals surface area contributed by atoms with Crippen molar-refractivity contribution >= 4 is 11.7 Å². The standard InChI is InChI=1S/C16H13F3N2O4/c1-8(22)10-3-5-12(13(14(10)23)16(17,18)19)25-7-9-2-4-11(15(20)24)21-6-9/h2-6,23H,7H2,1H3,(H2,20,24). The van der Waals surface area contributed by atoms with E-state index in [2.05, 4.69) is 4.98 Å². The molecule has 1 amide bonds. The number of benzene rings is 1. The predicted molar refractivity (Wildman–Crippen MR) is 80.2 cm³/mol. The van der Waals surface area contributed by atoms with E-state index in [9.17, 15) is 27.9 Å². The molecule has 0 aliphatic rings. The predicted octanol–water partition coefficient (Wildman–Crippen LogP) is 2.69. The highest BCUT2D eigenvalue weighted by molar-refractivity contribution is 5.97. The van der Waals surface area contributed by atoms with E-state index < -0.39 is 40.5 Å². The van der Waals surface area contributed by atoms with E-state index in [4.69, 9.17) is 10.5 Å². The quantitative estimate of drug-likeness (QED) is 0.804. The molecule has 0 aliphatic carbocycles. The number of phenolic OH excluding ortho intramolecular Hbond substituents is 1. The highest BCUT2D eigenvalue weighted by Gasteiger charge is 2.39. The zero-order valence-electron chi connectivity index (χ0n) is 12.9. The van der Waals surface area contributed by atoms with Gasteiger partial charge in [0, 0.05) is 11.8 Å². The minimum atomic E-state index is -4.92. The van der Waals surface area contributed by atoms with Gasteiger partial charge in [0.2, 0.25) is 0 Å². The number of nitrogens with zero attached hydrogens (tertiary/aromatic N) is 1. The Morgan fingerprint density at radius 2 is 1.92 bits per heavy atom. The number of pyridine rings is 1. The number of carbonyl (C=O) groups excluding carboxylic acids is 2. The van der Waals surface area contributed by atoms with E-state index >= 15 is 0 Å². The first-order chi connectivity index (χ1) is 11.6. The van der Waals surface area contributed by atoms with Crippen molar-refractivity contribution in [3.8, 4) is 11.5 Å². The molecular formula is C16H13F3N2O4. The number of aromatic nitrogens is 1. The molecule has 0 saturated carbocycles. The molecule has 0 aliphatic heterocycles. The first kappa shape index (κ1) is 18.2. The number of rotatable bonds is 5. The lowest BCUT2D eigenvalue weighted by Gasteiger charge is -2.17. The summed E-state index contributed by atoms with van der Waals surface area (Å²) in [6.45, 7) is 0.746. The highest BCUT2D eigenvalue weighted by atomic mass is 19.4. The second kappa shape index (κ2) is 6.80. The van der Waals surface area contributed by atoms with E-state index in [0.29, 0.717) is 5.56 Å². The van der Waals surface area contributed by atoms with Gasteiger partial charge in [-0.25, -0.2) is 0 Å². The summed E-state index contributed by atoms with van der Waals surface area (Å²) in [5, 5.41) is 9.79. The molecule has 1 aromatic heterocycles. The van der Waals surface area contributed by atoms with Crippen molar-refractivity contribution in [1.82, 2.24) is 4.98 Å². The van der Waals surface area contributed by atoms with Crippen molar-refractivity contribution in [3.63, 3.8) is 0 Å². The minimum Gasteiger partial charge on any atom is -0.506 e. The fraction of sp³-hybridized carbons (Fsp3) is 0.188. The van der Waals surface area contributed by atoms with Crippen LogP contribution in [0.15, 0.2) is 30.5 Å². The molecule has 0 atom stereocenters. The summed E-state index contributed by atoms with van der Waals surface area (Å²) in [7, 11) is 0. The summed E-state index contributed by atoms with van der Waals surface area (Å²) in [5.74, 6) is -3.26. The molecule has 1 heterocycles. The number of ether oxygens (including phenoxy) is 1. The number of Topliss-reactive ketones (excluding diaryl/α,β-unsaturated/α-hetero) is 1. The first-order valence-electron chi connectivity index (χ1n) is 6.93. The molecule has 0 bridgehead atoms. The van der Waals surface area contributed by atoms with E-state index in [0.717, 1.165) is 19.1 Å². The number of halogens is 3. The molecule has 9 heteroatoms. The Morgan fingerprint density at radius 3 is 2.40 bits per heavy atom. The van der Waals surface area contributed by atoms with Crippen molar-refractivity contribution < 1.29 is 32.6 Å². The van der Waals surface area contributed by atoms with Crippen LogP contribution in [0, 0.1) is 0 Å². The van der Waals surface area contributed by atoms with Crippen molar-refractivity contribution in [2.45, 2.75) is 19.7 Å². The van der Waals surface area contributed by atoms with Crippen LogP contribution < -0.4 is 10.5 Å². The summed E-state index contributed by atoms with van der Waals surface area (Å²) < 4.78 is 44.7. The van der Waals surface area contributed by atoms with Gasteiger partial charge < -0.3 is 15.6 Å². The van der Waals surface area contributed by atoms with Crippen molar-refractivity contribution in [1.29, 1.82) is 0 Å². The Kier molecular flexibility index (Phi) is 4.96. The number of hydrogen-bond donors (Lipinski definition) is 2. The first-order valence-corrected chi connectivity index (χ1v) is 6.93. The Balaban J connectivity index is 2.31. The fourth-order valence-corrected chi connectivity index (χ4v) is 2.07. The summed E-state index contributed by atoms with van der Waals surface area (Å²) in [4.78, 5) is 26.0. The van der Waals surface area contributed by atoms with Gasteiger partial charge in [0.1, 0.15) is 29.4 Å². The van der Waals surface area contributed by atoms with E-state index in [1.807, 2.05) is 0 Å². The van der Waals surface area contributed by atoms with Gasteiger partial charge in [-0.3, -0.25) is 14.6 Å². The van der Waals surface area contributed by atoms with Crippen LogP contribution in [0.25, 0.3) is 0 Å². The molecule has 0 fully saturated rings. The lowest BCUT2D eigenvalue weighted by Crippen LogP contribution is -2.13. The van der Waals surface area contributed by atoms with Crippen LogP contribution in [0.1, 0.15) is 38.9 Å². The van der Waals surface area contributed by atoms with Gasteiger partial charge in [-0.05, 0) is 25.1 Å². The third kappa shape index (κ3) is 4.06. The van der Waals surface area contributed by atoms with E-state index in [1.165, 1.54) is 18.3 Å². The topological polar surface area (TPSA) is 103 Å². The fourth-order valence-electron chi connectivity index (χ4n) is 2.07. The van der Waals surface area contributed by atoms with Crippen LogP contribution in [-0.4, -0.2) is 21.8 Å². The summed E-state index contributed by atoms with van der Waals surface area (Å²) >= 11 is 0. The second-order valence-electron chi connectivity index (χ2n) is 5.09. The van der Waals surface area contributed by atoms with Crippen molar-refractivity contribution in [3.05, 3.63) is 52.8 Å². The van der Waals surface area contributed by atoms with Gasteiger partial charge in [-0.2, -0.15) is 13.2 Å². The SMILES string of the molecule is CC(=O)c1ccc(OCc2ccc(C(N)=O)nc2)c(C(F)(F)F)c1O. The lowest BCUT2D eigenvalue weighted by atomic mass is 10.0. The molecular weight excluding hydrogens is 341 g/mol. The number of carbonyl (C=O) groups is 2. The number of ketones is 1. The average Bonchev–Trinajstić information content (AvgIpc) is 2.51. The van der Waals surface area contributed by atoms with Crippen LogP contribution in [0.3, 0.4) is 0 Å². The zero-order chi connectivity index (χ0) is 18.8. The molecule has 0 spiro atoms.